The largest absolute Gasteiger partial charge is 0.488 e. The number of ether oxygens (including phenoxy) is 1. The molecule has 0 bridgehead atoms. The van der Waals surface area contributed by atoms with Gasteiger partial charge < -0.3 is 14.3 Å². The fraction of sp³-hybridized carbons (Fsp3) is 0.208. The number of thiophene rings is 1. The molecule has 9 heteroatoms. The van der Waals surface area contributed by atoms with Gasteiger partial charge >= 0.3 is 12.1 Å². The van der Waals surface area contributed by atoms with E-state index in [2.05, 4.69) is 0 Å². The first-order valence-electron chi connectivity index (χ1n) is 9.84. The number of aryl methyl sites for hydroxylation is 2. The first-order valence-corrected chi connectivity index (χ1v) is 10.7. The molecule has 0 saturated heterocycles. The molecule has 0 aliphatic heterocycles. The molecule has 0 spiro atoms. The zero-order chi connectivity index (χ0) is 22.9. The Morgan fingerprint density at radius 2 is 1.85 bits per heavy atom. The van der Waals surface area contributed by atoms with Crippen molar-refractivity contribution in [3.63, 3.8) is 0 Å². The number of carboxylic acid groups (broad SMARTS) is 1. The van der Waals surface area contributed by atoms with Crippen LogP contribution < -0.4 is 4.74 Å². The van der Waals surface area contributed by atoms with Gasteiger partial charge in [-0.25, -0.2) is 0 Å². The monoisotopic (exact) mass is 483 g/mol. The predicted molar refractivity (Wildman–Crippen MR) is 122 cm³/mol. The maximum absolute atomic E-state index is 13.6. The van der Waals surface area contributed by atoms with E-state index in [1.54, 1.807) is 48.5 Å². The van der Waals surface area contributed by atoms with Gasteiger partial charge in [-0.2, -0.15) is 13.2 Å². The first-order chi connectivity index (χ1) is 15.2. The summed E-state index contributed by atoms with van der Waals surface area (Å²) in [5.74, 6) is 0.150. The number of alkyl halides is 3. The normalized spacial score (nSPS) is 11.4. The topological polar surface area (TPSA) is 59.7 Å². The Labute approximate surface area is 214 Å². The fourth-order valence-corrected chi connectivity index (χ4v) is 4.47. The van der Waals surface area contributed by atoms with Gasteiger partial charge in [0.2, 0.25) is 0 Å². The molecule has 4 rings (SSSR count). The van der Waals surface area contributed by atoms with E-state index in [1.807, 2.05) is 6.92 Å². The van der Waals surface area contributed by atoms with Crippen molar-refractivity contribution in [2.45, 2.75) is 32.5 Å². The molecule has 2 aromatic carbocycles. The van der Waals surface area contributed by atoms with Gasteiger partial charge in [-0.1, -0.05) is 30.3 Å². The van der Waals surface area contributed by atoms with Crippen LogP contribution in [0.4, 0.5) is 13.2 Å². The number of hydrogen-bond acceptors (Lipinski definition) is 4. The predicted octanol–water partition coefficient (Wildman–Crippen LogP) is 6.70. The molecule has 4 nitrogen and oxygen atoms in total. The molecule has 1 radical (unpaired) electrons. The van der Waals surface area contributed by atoms with Gasteiger partial charge in [0.1, 0.15) is 28.6 Å². The van der Waals surface area contributed by atoms with Crippen LogP contribution in [-0.2, 0) is 24.0 Å². The van der Waals surface area contributed by atoms with Crippen molar-refractivity contribution < 1.29 is 32.2 Å². The molecule has 2 heterocycles. The van der Waals surface area contributed by atoms with Gasteiger partial charge in [-0.05, 0) is 36.2 Å². The van der Waals surface area contributed by atoms with Gasteiger partial charge in [0, 0.05) is 57.9 Å². The smallest absolute Gasteiger partial charge is 0.426 e. The van der Waals surface area contributed by atoms with E-state index in [-0.39, 0.29) is 54.6 Å². The van der Waals surface area contributed by atoms with Crippen LogP contribution >= 0.6 is 11.3 Å². The van der Waals surface area contributed by atoms with Crippen LogP contribution in [0.3, 0.4) is 0 Å². The molecule has 33 heavy (non-hydrogen) atoms. The number of fused-ring (bicyclic) bond motifs is 1. The minimum Gasteiger partial charge on any atom is -0.488 e. The number of halogens is 3. The maximum atomic E-state index is 13.6. The molecule has 0 atom stereocenters. The van der Waals surface area contributed by atoms with Crippen LogP contribution in [0.5, 0.6) is 5.75 Å². The van der Waals surface area contributed by atoms with E-state index in [0.717, 1.165) is 10.9 Å². The molecular formula is C24H19F3NaO4S. The van der Waals surface area contributed by atoms with Crippen molar-refractivity contribution in [3.05, 3.63) is 75.7 Å². The van der Waals surface area contributed by atoms with Crippen molar-refractivity contribution in [2.75, 3.05) is 0 Å². The quantitative estimate of drug-likeness (QED) is 0.297. The van der Waals surface area contributed by atoms with Gasteiger partial charge in [0.25, 0.3) is 0 Å². The van der Waals surface area contributed by atoms with E-state index in [0.29, 0.717) is 38.9 Å². The summed E-state index contributed by atoms with van der Waals surface area (Å²) in [6, 6.07) is 15.2. The number of carbonyl (C=O) groups is 1. The summed E-state index contributed by atoms with van der Waals surface area (Å²) in [5.41, 5.74) is 2.06. The second-order valence-electron chi connectivity index (χ2n) is 7.31. The maximum Gasteiger partial charge on any atom is 0.426 e. The molecule has 1 N–H and O–H groups in total. The Morgan fingerprint density at radius 3 is 2.52 bits per heavy atom. The average molecular weight is 483 g/mol. The van der Waals surface area contributed by atoms with Crippen molar-refractivity contribution in [1.29, 1.82) is 0 Å². The fourth-order valence-electron chi connectivity index (χ4n) is 3.52. The number of carboxylic acids is 1. The van der Waals surface area contributed by atoms with Crippen LogP contribution in [0.15, 0.2) is 59.0 Å². The van der Waals surface area contributed by atoms with Crippen molar-refractivity contribution in [1.82, 2.24) is 0 Å². The summed E-state index contributed by atoms with van der Waals surface area (Å²) in [7, 11) is 0. The third-order valence-electron chi connectivity index (χ3n) is 5.08. The Morgan fingerprint density at radius 1 is 1.12 bits per heavy atom. The Balaban J connectivity index is 0.00000306. The average Bonchev–Trinajstić information content (AvgIpc) is 3.33. The van der Waals surface area contributed by atoms with Crippen LogP contribution in [0.25, 0.3) is 22.1 Å². The second-order valence-corrected chi connectivity index (χ2v) is 8.45. The Bertz CT molecular complexity index is 1260. The standard InChI is InChI=1S/C24H19F3O4S.Na/c1-14-18-8-7-16(11-21(18)31-20(14)9-10-22(28)29)30-13-17-12-19(15-5-3-2-4-6-15)23(32-17)24(25,26)27;/h2-8,11-12H,9-10,13H2,1H3,(H,28,29);. The number of hydrogen-bond donors (Lipinski definition) is 1. The Hall–Kier alpha value is -2.26. The minimum absolute atomic E-state index is 0. The second kappa shape index (κ2) is 10.3. The molecule has 167 valence electrons. The van der Waals surface area contributed by atoms with Gasteiger partial charge in [0.05, 0.1) is 6.42 Å². The third kappa shape index (κ3) is 5.81. The summed E-state index contributed by atoms with van der Waals surface area (Å²) in [6.07, 6.45) is -4.21. The number of furan rings is 1. The van der Waals surface area contributed by atoms with E-state index < -0.39 is 17.0 Å². The molecule has 2 aromatic heterocycles. The summed E-state index contributed by atoms with van der Waals surface area (Å²) in [5, 5.41) is 9.72. The molecule has 0 saturated carbocycles. The summed E-state index contributed by atoms with van der Waals surface area (Å²) < 4.78 is 52.2. The first kappa shape index (κ1) is 25.4. The van der Waals surface area contributed by atoms with E-state index in [4.69, 9.17) is 14.3 Å². The zero-order valence-electron chi connectivity index (χ0n) is 18.0. The third-order valence-corrected chi connectivity index (χ3v) is 6.23. The number of benzene rings is 2. The van der Waals surface area contributed by atoms with Gasteiger partial charge in [-0.3, -0.25) is 4.79 Å². The van der Waals surface area contributed by atoms with E-state index in [9.17, 15) is 18.0 Å². The van der Waals surface area contributed by atoms with Crippen LogP contribution in [0.1, 0.15) is 27.5 Å². The van der Waals surface area contributed by atoms with Gasteiger partial charge in [-0.15, -0.1) is 11.3 Å². The molecular weight excluding hydrogens is 464 g/mol. The van der Waals surface area contributed by atoms with Crippen LogP contribution in [0.2, 0.25) is 0 Å². The molecule has 4 aromatic rings. The number of aliphatic carboxylic acids is 1. The van der Waals surface area contributed by atoms with Crippen LogP contribution in [0, 0.1) is 6.92 Å². The van der Waals surface area contributed by atoms with E-state index in [1.165, 1.54) is 6.07 Å². The SMILES string of the molecule is Cc1c(CCC(=O)O)oc2cc(OCc3cc(-c4ccccc4)c(C(F)(F)F)s3)ccc12.[Na]. The summed E-state index contributed by atoms with van der Waals surface area (Å²) in [4.78, 5) is 10.6. The molecule has 0 aliphatic rings. The number of rotatable bonds is 7. The van der Waals surface area contributed by atoms with E-state index >= 15 is 0 Å². The molecule has 0 amide bonds. The summed E-state index contributed by atoms with van der Waals surface area (Å²) in [6.45, 7) is 1.84. The Kier molecular flexibility index (Phi) is 7.95. The minimum atomic E-state index is -4.45. The zero-order valence-corrected chi connectivity index (χ0v) is 20.8. The molecule has 0 unspecified atom stereocenters. The molecule has 0 aliphatic carbocycles. The van der Waals surface area contributed by atoms with Crippen LogP contribution in [-0.4, -0.2) is 40.6 Å². The van der Waals surface area contributed by atoms with Gasteiger partial charge in [0.15, 0.2) is 0 Å². The van der Waals surface area contributed by atoms with Crippen molar-refractivity contribution in [2.24, 2.45) is 0 Å². The summed E-state index contributed by atoms with van der Waals surface area (Å²) >= 11 is 0.671. The van der Waals surface area contributed by atoms with Crippen molar-refractivity contribution >= 4 is 57.8 Å². The molecule has 0 fully saturated rings. The van der Waals surface area contributed by atoms with Crippen molar-refractivity contribution in [3.8, 4) is 16.9 Å².